The third-order valence-electron chi connectivity index (χ3n) is 2.36. The van der Waals surface area contributed by atoms with Crippen LogP contribution in [0.5, 0.6) is 0 Å². The summed E-state index contributed by atoms with van der Waals surface area (Å²) >= 11 is 6.50. The fourth-order valence-electron chi connectivity index (χ4n) is 1.36. The third kappa shape index (κ3) is 3.88. The number of amides is 2. The molecule has 0 aliphatic rings. The number of halogens is 2. The first kappa shape index (κ1) is 14.7. The van der Waals surface area contributed by atoms with Crippen molar-refractivity contribution in [3.63, 3.8) is 0 Å². The highest BCUT2D eigenvalue weighted by Gasteiger charge is 2.09. The standard InChI is InChI=1S/C13H9Br2N3O2/c14-9-3-1-8(2-4-9)12(19)17-18-13(20)11-6-5-10(15)7-16-11/h1-7H,(H,17,19)(H,18,20). The zero-order valence-corrected chi connectivity index (χ0v) is 13.2. The first-order chi connectivity index (χ1) is 9.56. The summed E-state index contributed by atoms with van der Waals surface area (Å²) in [5, 5.41) is 0. The van der Waals surface area contributed by atoms with E-state index in [1.165, 1.54) is 6.20 Å². The number of rotatable bonds is 2. The van der Waals surface area contributed by atoms with Crippen LogP contribution >= 0.6 is 31.9 Å². The molecule has 1 aromatic heterocycles. The van der Waals surface area contributed by atoms with Gasteiger partial charge in [0.1, 0.15) is 5.69 Å². The molecule has 2 rings (SSSR count). The molecule has 0 saturated carbocycles. The first-order valence-electron chi connectivity index (χ1n) is 5.54. The molecule has 5 nitrogen and oxygen atoms in total. The van der Waals surface area contributed by atoms with E-state index in [0.717, 1.165) is 8.95 Å². The molecule has 1 heterocycles. The number of carbonyl (C=O) groups is 2. The van der Waals surface area contributed by atoms with Gasteiger partial charge in [0, 0.05) is 20.7 Å². The van der Waals surface area contributed by atoms with Gasteiger partial charge < -0.3 is 0 Å². The van der Waals surface area contributed by atoms with Crippen molar-refractivity contribution in [2.75, 3.05) is 0 Å². The minimum absolute atomic E-state index is 0.212. The summed E-state index contributed by atoms with van der Waals surface area (Å²) in [6.07, 6.45) is 1.51. The maximum atomic E-state index is 11.8. The Bertz CT molecular complexity index is 570. The van der Waals surface area contributed by atoms with Gasteiger partial charge in [-0.05, 0) is 52.3 Å². The average molecular weight is 399 g/mol. The summed E-state index contributed by atoms with van der Waals surface area (Å²) in [4.78, 5) is 27.4. The Hall–Kier alpha value is -1.73. The molecule has 0 aliphatic carbocycles. The van der Waals surface area contributed by atoms with E-state index in [9.17, 15) is 9.59 Å². The molecule has 0 fully saturated rings. The van der Waals surface area contributed by atoms with Crippen LogP contribution in [0.2, 0.25) is 0 Å². The minimum Gasteiger partial charge on any atom is -0.267 e. The summed E-state index contributed by atoms with van der Waals surface area (Å²) in [7, 11) is 0. The topological polar surface area (TPSA) is 71.1 Å². The van der Waals surface area contributed by atoms with Crippen molar-refractivity contribution in [3.05, 3.63) is 62.8 Å². The lowest BCUT2D eigenvalue weighted by Crippen LogP contribution is -2.41. The Morgan fingerprint density at radius 2 is 1.45 bits per heavy atom. The summed E-state index contributed by atoms with van der Waals surface area (Å²) in [5.41, 5.74) is 5.28. The maximum absolute atomic E-state index is 11.8. The molecule has 0 bridgehead atoms. The Labute approximate surface area is 132 Å². The molecular formula is C13H9Br2N3O2. The van der Waals surface area contributed by atoms with E-state index in [1.807, 2.05) is 0 Å². The van der Waals surface area contributed by atoms with Gasteiger partial charge in [-0.1, -0.05) is 15.9 Å². The molecule has 0 unspecified atom stereocenters. The Balaban J connectivity index is 1.94. The maximum Gasteiger partial charge on any atom is 0.288 e. The fraction of sp³-hybridized carbons (Fsp3) is 0. The molecule has 0 spiro atoms. The highest BCUT2D eigenvalue weighted by atomic mass is 79.9. The van der Waals surface area contributed by atoms with Gasteiger partial charge in [0.2, 0.25) is 0 Å². The van der Waals surface area contributed by atoms with Crippen LogP contribution in [-0.2, 0) is 0 Å². The number of hydrazine groups is 1. The number of nitrogens with one attached hydrogen (secondary N) is 2. The predicted octanol–water partition coefficient (Wildman–Crippen LogP) is 2.68. The molecule has 2 aromatic rings. The molecule has 20 heavy (non-hydrogen) atoms. The second-order valence-electron chi connectivity index (χ2n) is 3.78. The van der Waals surface area contributed by atoms with Crippen LogP contribution in [0.25, 0.3) is 0 Å². The molecule has 2 N–H and O–H groups in total. The summed E-state index contributed by atoms with van der Waals surface area (Å²) in [6.45, 7) is 0. The Morgan fingerprint density at radius 3 is 2.05 bits per heavy atom. The fourth-order valence-corrected chi connectivity index (χ4v) is 1.86. The first-order valence-corrected chi connectivity index (χ1v) is 7.12. The van der Waals surface area contributed by atoms with Crippen molar-refractivity contribution in [3.8, 4) is 0 Å². The van der Waals surface area contributed by atoms with Crippen LogP contribution in [0, 0.1) is 0 Å². The van der Waals surface area contributed by atoms with E-state index in [0.29, 0.717) is 5.56 Å². The third-order valence-corrected chi connectivity index (χ3v) is 3.35. The van der Waals surface area contributed by atoms with E-state index in [-0.39, 0.29) is 5.69 Å². The van der Waals surface area contributed by atoms with E-state index >= 15 is 0 Å². The highest BCUT2D eigenvalue weighted by Crippen LogP contribution is 2.10. The van der Waals surface area contributed by atoms with Crippen molar-refractivity contribution in [1.82, 2.24) is 15.8 Å². The second-order valence-corrected chi connectivity index (χ2v) is 5.61. The van der Waals surface area contributed by atoms with Crippen molar-refractivity contribution in [2.24, 2.45) is 0 Å². The van der Waals surface area contributed by atoms with Crippen LogP contribution < -0.4 is 10.9 Å². The molecule has 2 amide bonds. The molecule has 7 heteroatoms. The van der Waals surface area contributed by atoms with Gasteiger partial charge >= 0.3 is 0 Å². The van der Waals surface area contributed by atoms with Crippen LogP contribution in [-0.4, -0.2) is 16.8 Å². The number of benzene rings is 1. The van der Waals surface area contributed by atoms with Gasteiger partial charge in [0.25, 0.3) is 11.8 Å². The van der Waals surface area contributed by atoms with Gasteiger partial charge in [-0.15, -0.1) is 0 Å². The lowest BCUT2D eigenvalue weighted by atomic mass is 10.2. The van der Waals surface area contributed by atoms with Crippen LogP contribution in [0.4, 0.5) is 0 Å². The number of hydrogen-bond donors (Lipinski definition) is 2. The zero-order valence-electron chi connectivity index (χ0n) is 10.1. The van der Waals surface area contributed by atoms with E-state index in [1.54, 1.807) is 36.4 Å². The normalized spacial score (nSPS) is 9.90. The minimum atomic E-state index is -0.483. The smallest absolute Gasteiger partial charge is 0.267 e. The van der Waals surface area contributed by atoms with Crippen LogP contribution in [0.3, 0.4) is 0 Å². The molecule has 1 aromatic carbocycles. The largest absolute Gasteiger partial charge is 0.288 e. The zero-order chi connectivity index (χ0) is 14.5. The summed E-state index contributed by atoms with van der Waals surface area (Å²) in [6, 6.07) is 10.0. The monoisotopic (exact) mass is 397 g/mol. The Morgan fingerprint density at radius 1 is 0.850 bits per heavy atom. The summed E-state index contributed by atoms with van der Waals surface area (Å²) < 4.78 is 1.64. The molecule has 102 valence electrons. The van der Waals surface area contributed by atoms with Gasteiger partial charge in [-0.25, -0.2) is 4.98 Å². The van der Waals surface area contributed by atoms with Gasteiger partial charge in [-0.2, -0.15) is 0 Å². The van der Waals surface area contributed by atoms with Crippen molar-refractivity contribution >= 4 is 43.7 Å². The molecular weight excluding hydrogens is 390 g/mol. The van der Waals surface area contributed by atoms with Gasteiger partial charge in [0.05, 0.1) is 0 Å². The van der Waals surface area contributed by atoms with E-state index < -0.39 is 11.8 Å². The SMILES string of the molecule is O=C(NNC(=O)c1ccc(Br)cn1)c1ccc(Br)cc1. The summed E-state index contributed by atoms with van der Waals surface area (Å²) in [5.74, 6) is -0.883. The lowest BCUT2D eigenvalue weighted by molar-refractivity contribution is 0.0844. The predicted molar refractivity (Wildman–Crippen MR) is 81.0 cm³/mol. The average Bonchev–Trinajstić information content (AvgIpc) is 2.46. The van der Waals surface area contributed by atoms with Crippen molar-refractivity contribution in [2.45, 2.75) is 0 Å². The highest BCUT2D eigenvalue weighted by molar-refractivity contribution is 9.10. The molecule has 0 aliphatic heterocycles. The second kappa shape index (κ2) is 6.62. The molecule has 0 radical (unpaired) electrons. The van der Waals surface area contributed by atoms with Gasteiger partial charge in [-0.3, -0.25) is 20.4 Å². The number of pyridine rings is 1. The Kier molecular flexibility index (Phi) is 4.86. The van der Waals surface area contributed by atoms with E-state index in [4.69, 9.17) is 0 Å². The lowest BCUT2D eigenvalue weighted by Gasteiger charge is -2.07. The number of hydrogen-bond acceptors (Lipinski definition) is 3. The number of nitrogens with zero attached hydrogens (tertiary/aromatic N) is 1. The van der Waals surface area contributed by atoms with Crippen molar-refractivity contribution < 1.29 is 9.59 Å². The van der Waals surface area contributed by atoms with Gasteiger partial charge in [0.15, 0.2) is 0 Å². The van der Waals surface area contributed by atoms with Crippen LogP contribution in [0.15, 0.2) is 51.5 Å². The van der Waals surface area contributed by atoms with Crippen molar-refractivity contribution in [1.29, 1.82) is 0 Å². The molecule has 0 saturated heterocycles. The molecule has 0 atom stereocenters. The quantitative estimate of drug-likeness (QED) is 0.764. The van der Waals surface area contributed by atoms with Crippen LogP contribution in [0.1, 0.15) is 20.8 Å². The number of aromatic nitrogens is 1. The number of carbonyl (C=O) groups excluding carboxylic acids is 2. The van der Waals surface area contributed by atoms with E-state index in [2.05, 4.69) is 47.7 Å².